The molecular weight excluding hydrogens is 334 g/mol. The molecule has 0 atom stereocenters. The average molecular weight is 348 g/mol. The van der Waals surface area contributed by atoms with Gasteiger partial charge in [0.1, 0.15) is 5.82 Å². The van der Waals surface area contributed by atoms with Crippen LogP contribution in [0.15, 0.2) is 72.8 Å². The lowest BCUT2D eigenvalue weighted by Gasteiger charge is -2.05. The number of aromatic nitrogens is 2. The van der Waals surface area contributed by atoms with Crippen molar-refractivity contribution in [3.8, 4) is 11.4 Å². The minimum Gasteiger partial charge on any atom is -0.338 e. The van der Waals surface area contributed by atoms with Crippen LogP contribution in [-0.4, -0.2) is 15.9 Å². The molecule has 4 aromatic rings. The molecule has 1 heterocycles. The Morgan fingerprint density at radius 2 is 1.72 bits per heavy atom. The number of para-hydroxylation sites is 1. The van der Waals surface area contributed by atoms with Gasteiger partial charge in [-0.1, -0.05) is 41.9 Å². The van der Waals surface area contributed by atoms with E-state index in [1.54, 1.807) is 12.1 Å². The number of fused-ring (bicyclic) bond motifs is 1. The highest BCUT2D eigenvalue weighted by Gasteiger charge is 2.09. The van der Waals surface area contributed by atoms with Crippen molar-refractivity contribution < 1.29 is 4.79 Å². The Balaban J connectivity index is 1.57. The van der Waals surface area contributed by atoms with E-state index >= 15 is 0 Å². The Hall–Kier alpha value is -3.11. The molecule has 3 aromatic carbocycles. The summed E-state index contributed by atoms with van der Waals surface area (Å²) in [6.45, 7) is 0. The molecule has 0 aliphatic carbocycles. The van der Waals surface area contributed by atoms with Crippen molar-refractivity contribution in [2.45, 2.75) is 0 Å². The first-order valence-corrected chi connectivity index (χ1v) is 8.19. The molecule has 0 unspecified atom stereocenters. The van der Waals surface area contributed by atoms with Crippen molar-refractivity contribution in [3.05, 3.63) is 83.4 Å². The summed E-state index contributed by atoms with van der Waals surface area (Å²) < 4.78 is 0. The molecule has 0 bridgehead atoms. The highest BCUT2D eigenvalue weighted by atomic mass is 35.5. The number of nitrogens with zero attached hydrogens (tertiary/aromatic N) is 1. The number of amides is 1. The van der Waals surface area contributed by atoms with Crippen molar-refractivity contribution in [2.24, 2.45) is 0 Å². The maximum Gasteiger partial charge on any atom is 0.255 e. The number of carbonyl (C=O) groups excluding carboxylic acids is 1. The zero-order chi connectivity index (χ0) is 17.2. The second-order valence-electron chi connectivity index (χ2n) is 5.64. The van der Waals surface area contributed by atoms with Crippen LogP contribution >= 0.6 is 11.6 Å². The minimum atomic E-state index is -0.144. The lowest BCUT2D eigenvalue weighted by atomic mass is 10.1. The summed E-state index contributed by atoms with van der Waals surface area (Å²) in [6, 6.07) is 22.2. The first-order chi connectivity index (χ1) is 12.2. The maximum atomic E-state index is 12.3. The molecule has 0 aliphatic rings. The molecule has 0 saturated carbocycles. The van der Waals surface area contributed by atoms with Gasteiger partial charge in [-0.15, -0.1) is 0 Å². The quantitative estimate of drug-likeness (QED) is 0.539. The Morgan fingerprint density at radius 3 is 2.48 bits per heavy atom. The number of benzene rings is 3. The number of imidazole rings is 1. The second-order valence-corrected chi connectivity index (χ2v) is 6.08. The molecule has 2 N–H and O–H groups in total. The van der Waals surface area contributed by atoms with E-state index in [4.69, 9.17) is 11.6 Å². The number of nitrogens with one attached hydrogen (secondary N) is 2. The van der Waals surface area contributed by atoms with Gasteiger partial charge in [0.2, 0.25) is 0 Å². The summed E-state index contributed by atoms with van der Waals surface area (Å²) in [6.07, 6.45) is 0. The van der Waals surface area contributed by atoms with E-state index in [2.05, 4.69) is 15.3 Å². The third-order valence-corrected chi connectivity index (χ3v) is 4.13. The third kappa shape index (κ3) is 3.25. The van der Waals surface area contributed by atoms with E-state index in [0.717, 1.165) is 28.1 Å². The van der Waals surface area contributed by atoms with E-state index < -0.39 is 0 Å². The van der Waals surface area contributed by atoms with Crippen LogP contribution in [0.25, 0.3) is 22.4 Å². The zero-order valence-corrected chi connectivity index (χ0v) is 13.9. The predicted molar refractivity (Wildman–Crippen MR) is 101 cm³/mol. The van der Waals surface area contributed by atoms with Crippen LogP contribution in [0.2, 0.25) is 5.02 Å². The highest BCUT2D eigenvalue weighted by Crippen LogP contribution is 2.23. The minimum absolute atomic E-state index is 0.144. The van der Waals surface area contributed by atoms with E-state index in [1.165, 1.54) is 0 Å². The lowest BCUT2D eigenvalue weighted by molar-refractivity contribution is 0.102. The van der Waals surface area contributed by atoms with Crippen LogP contribution in [0.5, 0.6) is 0 Å². The van der Waals surface area contributed by atoms with E-state index in [9.17, 15) is 4.79 Å². The lowest BCUT2D eigenvalue weighted by Crippen LogP contribution is -2.11. The van der Waals surface area contributed by atoms with E-state index in [1.807, 2.05) is 60.7 Å². The average Bonchev–Trinajstić information content (AvgIpc) is 3.06. The van der Waals surface area contributed by atoms with Crippen molar-refractivity contribution in [1.82, 2.24) is 9.97 Å². The number of carbonyl (C=O) groups is 1. The molecule has 1 aromatic heterocycles. The Labute approximate surface area is 149 Å². The largest absolute Gasteiger partial charge is 0.338 e. The van der Waals surface area contributed by atoms with E-state index in [-0.39, 0.29) is 5.91 Å². The number of halogens is 1. The predicted octanol–water partition coefficient (Wildman–Crippen LogP) is 5.14. The maximum absolute atomic E-state index is 12.3. The van der Waals surface area contributed by atoms with Gasteiger partial charge in [-0.05, 0) is 42.5 Å². The van der Waals surface area contributed by atoms with Crippen LogP contribution in [0.3, 0.4) is 0 Å². The molecular formula is C20H14ClN3O. The van der Waals surface area contributed by atoms with Crippen LogP contribution in [-0.2, 0) is 0 Å². The zero-order valence-electron chi connectivity index (χ0n) is 13.2. The molecule has 122 valence electrons. The third-order valence-electron chi connectivity index (χ3n) is 3.90. The normalized spacial score (nSPS) is 10.8. The van der Waals surface area contributed by atoms with Gasteiger partial charge in [-0.3, -0.25) is 4.79 Å². The van der Waals surface area contributed by atoms with Crippen molar-refractivity contribution >= 4 is 34.2 Å². The van der Waals surface area contributed by atoms with Crippen LogP contribution in [0, 0.1) is 0 Å². The van der Waals surface area contributed by atoms with E-state index in [0.29, 0.717) is 10.6 Å². The number of aromatic amines is 1. The van der Waals surface area contributed by atoms with Gasteiger partial charge >= 0.3 is 0 Å². The fraction of sp³-hybridized carbons (Fsp3) is 0. The van der Waals surface area contributed by atoms with Crippen LogP contribution in [0.1, 0.15) is 10.4 Å². The molecule has 0 fully saturated rings. The fourth-order valence-electron chi connectivity index (χ4n) is 2.62. The Morgan fingerprint density at radius 1 is 0.960 bits per heavy atom. The van der Waals surface area contributed by atoms with Crippen LogP contribution in [0.4, 0.5) is 5.69 Å². The van der Waals surface area contributed by atoms with Gasteiger partial charge in [0.05, 0.1) is 11.0 Å². The molecule has 4 rings (SSSR count). The molecule has 4 nitrogen and oxygen atoms in total. The summed E-state index contributed by atoms with van der Waals surface area (Å²) >= 11 is 6.00. The summed E-state index contributed by atoms with van der Waals surface area (Å²) in [5.41, 5.74) is 4.00. The van der Waals surface area contributed by atoms with Crippen molar-refractivity contribution in [1.29, 1.82) is 0 Å². The summed E-state index contributed by atoms with van der Waals surface area (Å²) in [4.78, 5) is 20.1. The second kappa shape index (κ2) is 6.42. The number of hydrogen-bond acceptors (Lipinski definition) is 2. The molecule has 0 radical (unpaired) electrons. The summed E-state index contributed by atoms with van der Waals surface area (Å²) in [7, 11) is 0. The fourth-order valence-corrected chi connectivity index (χ4v) is 2.79. The molecule has 0 saturated heterocycles. The van der Waals surface area contributed by atoms with Crippen molar-refractivity contribution in [3.63, 3.8) is 0 Å². The number of rotatable bonds is 3. The number of H-pyrrole nitrogens is 1. The molecule has 1 amide bonds. The van der Waals surface area contributed by atoms with Gasteiger partial charge in [-0.25, -0.2) is 4.98 Å². The van der Waals surface area contributed by atoms with Crippen molar-refractivity contribution in [2.75, 3.05) is 5.32 Å². The topological polar surface area (TPSA) is 57.8 Å². The van der Waals surface area contributed by atoms with Crippen LogP contribution < -0.4 is 5.32 Å². The summed E-state index contributed by atoms with van der Waals surface area (Å²) in [5, 5.41) is 3.53. The molecule has 0 aliphatic heterocycles. The SMILES string of the molecule is O=C(Nc1ccccc1)c1ccc(-c2nc3ccc(Cl)cc3[nH]2)cc1. The highest BCUT2D eigenvalue weighted by molar-refractivity contribution is 6.31. The van der Waals surface area contributed by atoms with Gasteiger partial charge in [0, 0.05) is 21.8 Å². The monoisotopic (exact) mass is 347 g/mol. The molecule has 5 heteroatoms. The van der Waals surface area contributed by atoms with Gasteiger partial charge in [0.25, 0.3) is 5.91 Å². The molecule has 25 heavy (non-hydrogen) atoms. The molecule has 0 spiro atoms. The van der Waals surface area contributed by atoms with Gasteiger partial charge in [-0.2, -0.15) is 0 Å². The standard InChI is InChI=1S/C20H14ClN3O/c21-15-10-11-17-18(12-15)24-19(23-17)13-6-8-14(9-7-13)20(25)22-16-4-2-1-3-5-16/h1-12H,(H,22,25)(H,23,24). The summed E-state index contributed by atoms with van der Waals surface area (Å²) in [5.74, 6) is 0.599. The number of hydrogen-bond donors (Lipinski definition) is 2. The first-order valence-electron chi connectivity index (χ1n) is 7.81. The Bertz CT molecular complexity index is 1040. The number of anilines is 1. The van der Waals surface area contributed by atoms with Gasteiger partial charge < -0.3 is 10.3 Å². The first kappa shape index (κ1) is 15.4. The van der Waals surface area contributed by atoms with Gasteiger partial charge in [0.15, 0.2) is 0 Å². The Kier molecular flexibility index (Phi) is 3.96. The smallest absolute Gasteiger partial charge is 0.255 e.